The summed E-state index contributed by atoms with van der Waals surface area (Å²) in [6.07, 6.45) is 0. The molecule has 0 radical (unpaired) electrons. The maximum absolute atomic E-state index is 2.33. The highest BCUT2D eigenvalue weighted by Crippen LogP contribution is 2.26. The average Bonchev–Trinajstić information content (AvgIpc) is 2.08. The van der Waals surface area contributed by atoms with Crippen LogP contribution in [0, 0.1) is 0 Å². The second kappa shape index (κ2) is 6.53. The summed E-state index contributed by atoms with van der Waals surface area (Å²) < 4.78 is 2.11. The third kappa shape index (κ3) is 7.05. The Morgan fingerprint density at radius 3 is 1.12 bits per heavy atom. The standard InChI is InChI=1S/C12H30N2S2/c1-11(13(3,4)5)9-15-16-10-12(2)14(6,7)8/h11-12H,9-10H2,1-8H3/q+2. The lowest BCUT2D eigenvalue weighted by Crippen LogP contribution is -2.45. The monoisotopic (exact) mass is 266 g/mol. The first-order valence-electron chi connectivity index (χ1n) is 5.91. The summed E-state index contributed by atoms with van der Waals surface area (Å²) in [6.45, 7) is 4.66. The van der Waals surface area contributed by atoms with Gasteiger partial charge in [0.2, 0.25) is 0 Å². The molecule has 2 unspecified atom stereocenters. The van der Waals surface area contributed by atoms with Gasteiger partial charge in [-0.3, -0.25) is 0 Å². The molecule has 0 bridgehead atoms. The predicted molar refractivity (Wildman–Crippen MR) is 79.9 cm³/mol. The highest BCUT2D eigenvalue weighted by atomic mass is 33.1. The Balaban J connectivity index is 3.70. The number of rotatable bonds is 7. The lowest BCUT2D eigenvalue weighted by Gasteiger charge is -2.32. The van der Waals surface area contributed by atoms with Crippen LogP contribution in [-0.2, 0) is 0 Å². The summed E-state index contributed by atoms with van der Waals surface area (Å²) in [5.74, 6) is 2.47. The SMILES string of the molecule is CC(CSSCC(C)[N+](C)(C)C)[N+](C)(C)C. The van der Waals surface area contributed by atoms with E-state index in [2.05, 4.69) is 56.1 Å². The molecule has 0 aromatic heterocycles. The van der Waals surface area contributed by atoms with E-state index in [1.54, 1.807) is 0 Å². The van der Waals surface area contributed by atoms with E-state index < -0.39 is 0 Å². The minimum absolute atomic E-state index is 0.719. The minimum atomic E-state index is 0.719. The molecule has 2 nitrogen and oxygen atoms in total. The summed E-state index contributed by atoms with van der Waals surface area (Å²) in [4.78, 5) is 0. The van der Waals surface area contributed by atoms with Gasteiger partial charge in [-0.1, -0.05) is 21.6 Å². The Hall–Kier alpha value is 0.620. The highest BCUT2D eigenvalue weighted by molar-refractivity contribution is 8.76. The van der Waals surface area contributed by atoms with E-state index in [4.69, 9.17) is 0 Å². The van der Waals surface area contributed by atoms with Crippen LogP contribution in [-0.4, -0.2) is 74.8 Å². The Bertz CT molecular complexity index is 172. The fourth-order valence-electron chi connectivity index (χ4n) is 0.740. The molecule has 0 aliphatic heterocycles. The van der Waals surface area contributed by atoms with Crippen molar-refractivity contribution in [2.24, 2.45) is 0 Å². The van der Waals surface area contributed by atoms with Gasteiger partial charge in [-0.05, 0) is 13.8 Å². The maximum atomic E-state index is 2.33. The van der Waals surface area contributed by atoms with Crippen LogP contribution in [0.25, 0.3) is 0 Å². The second-order valence-electron chi connectivity index (χ2n) is 6.50. The molecule has 0 aromatic carbocycles. The molecule has 0 aromatic rings. The predicted octanol–water partition coefficient (Wildman–Crippen LogP) is 2.56. The summed E-state index contributed by atoms with van der Waals surface area (Å²) in [6, 6.07) is 1.44. The molecule has 0 spiro atoms. The first-order valence-corrected chi connectivity index (χ1v) is 8.40. The van der Waals surface area contributed by atoms with E-state index in [9.17, 15) is 0 Å². The van der Waals surface area contributed by atoms with E-state index in [1.807, 2.05) is 21.6 Å². The van der Waals surface area contributed by atoms with Crippen LogP contribution in [0.4, 0.5) is 0 Å². The maximum Gasteiger partial charge on any atom is 0.0955 e. The van der Waals surface area contributed by atoms with E-state index in [1.165, 1.54) is 11.5 Å². The summed E-state index contributed by atoms with van der Waals surface area (Å²) in [5, 5.41) is 0. The van der Waals surface area contributed by atoms with Crippen LogP contribution >= 0.6 is 21.6 Å². The number of hydrogen-bond acceptors (Lipinski definition) is 2. The second-order valence-corrected chi connectivity index (χ2v) is 9.05. The summed E-state index contributed by atoms with van der Waals surface area (Å²) in [5.41, 5.74) is 0. The van der Waals surface area contributed by atoms with Crippen molar-refractivity contribution in [2.45, 2.75) is 25.9 Å². The van der Waals surface area contributed by atoms with Crippen molar-refractivity contribution in [1.82, 2.24) is 0 Å². The smallest absolute Gasteiger partial charge is 0.0955 e. The number of hydrogen-bond donors (Lipinski definition) is 0. The van der Waals surface area contributed by atoms with Crippen molar-refractivity contribution < 1.29 is 8.97 Å². The van der Waals surface area contributed by atoms with Gasteiger partial charge in [0.25, 0.3) is 0 Å². The van der Waals surface area contributed by atoms with Crippen molar-refractivity contribution in [1.29, 1.82) is 0 Å². The molecule has 0 rings (SSSR count). The minimum Gasteiger partial charge on any atom is -0.328 e. The molecule has 0 amide bonds. The molecule has 0 fully saturated rings. The van der Waals surface area contributed by atoms with Crippen LogP contribution in [0.5, 0.6) is 0 Å². The van der Waals surface area contributed by atoms with Crippen molar-refractivity contribution in [3.63, 3.8) is 0 Å². The third-order valence-corrected chi connectivity index (χ3v) is 6.07. The molecule has 0 N–H and O–H groups in total. The van der Waals surface area contributed by atoms with Gasteiger partial charge in [-0.15, -0.1) is 0 Å². The van der Waals surface area contributed by atoms with Crippen LogP contribution in [0.1, 0.15) is 13.8 Å². The fourth-order valence-corrected chi connectivity index (χ4v) is 3.98. The van der Waals surface area contributed by atoms with E-state index >= 15 is 0 Å². The number of nitrogens with zero attached hydrogens (tertiary/aromatic N) is 2. The normalized spacial score (nSPS) is 17.2. The quantitative estimate of drug-likeness (QED) is 0.395. The molecule has 0 aliphatic carbocycles. The van der Waals surface area contributed by atoms with Gasteiger partial charge in [0, 0.05) is 0 Å². The van der Waals surface area contributed by atoms with Crippen LogP contribution in [0.2, 0.25) is 0 Å². The zero-order chi connectivity index (χ0) is 13.0. The van der Waals surface area contributed by atoms with Crippen LogP contribution in [0.15, 0.2) is 0 Å². The fraction of sp³-hybridized carbons (Fsp3) is 1.00. The van der Waals surface area contributed by atoms with Gasteiger partial charge in [0.05, 0.1) is 65.9 Å². The number of quaternary nitrogens is 2. The van der Waals surface area contributed by atoms with Gasteiger partial charge in [-0.2, -0.15) is 0 Å². The molecular weight excluding hydrogens is 236 g/mol. The van der Waals surface area contributed by atoms with Gasteiger partial charge in [-0.25, -0.2) is 0 Å². The summed E-state index contributed by atoms with van der Waals surface area (Å²) >= 11 is 0. The first kappa shape index (κ1) is 16.6. The Morgan fingerprint density at radius 1 is 0.688 bits per heavy atom. The van der Waals surface area contributed by atoms with Crippen molar-refractivity contribution in [3.8, 4) is 0 Å². The Morgan fingerprint density at radius 2 is 0.938 bits per heavy atom. The van der Waals surface area contributed by atoms with E-state index in [0.717, 1.165) is 21.0 Å². The first-order chi connectivity index (χ1) is 7.05. The van der Waals surface area contributed by atoms with Gasteiger partial charge < -0.3 is 8.97 Å². The topological polar surface area (TPSA) is 0 Å². The molecule has 0 aliphatic rings. The van der Waals surface area contributed by atoms with Gasteiger partial charge in [0.1, 0.15) is 0 Å². The van der Waals surface area contributed by atoms with Crippen molar-refractivity contribution >= 4 is 21.6 Å². The third-order valence-electron chi connectivity index (χ3n) is 3.35. The Kier molecular flexibility index (Phi) is 6.78. The Labute approximate surface area is 110 Å². The largest absolute Gasteiger partial charge is 0.328 e. The average molecular weight is 267 g/mol. The van der Waals surface area contributed by atoms with Gasteiger partial charge >= 0.3 is 0 Å². The van der Waals surface area contributed by atoms with E-state index in [0.29, 0.717) is 0 Å². The lowest BCUT2D eigenvalue weighted by atomic mass is 10.3. The molecule has 2 atom stereocenters. The molecule has 0 heterocycles. The van der Waals surface area contributed by atoms with Crippen LogP contribution < -0.4 is 0 Å². The highest BCUT2D eigenvalue weighted by Gasteiger charge is 2.20. The van der Waals surface area contributed by atoms with Gasteiger partial charge in [0.15, 0.2) is 0 Å². The molecule has 4 heteroatoms. The van der Waals surface area contributed by atoms with Crippen LogP contribution in [0.3, 0.4) is 0 Å². The molecule has 0 saturated heterocycles. The summed E-state index contributed by atoms with van der Waals surface area (Å²) in [7, 11) is 17.7. The van der Waals surface area contributed by atoms with Crippen molar-refractivity contribution in [3.05, 3.63) is 0 Å². The van der Waals surface area contributed by atoms with Crippen molar-refractivity contribution in [2.75, 3.05) is 53.8 Å². The lowest BCUT2D eigenvalue weighted by molar-refractivity contribution is -0.891. The molecule has 98 valence electrons. The molecule has 16 heavy (non-hydrogen) atoms. The molecule has 0 saturated carbocycles. The van der Waals surface area contributed by atoms with E-state index in [-0.39, 0.29) is 0 Å². The zero-order valence-corrected chi connectivity index (χ0v) is 13.9. The molecular formula is C12H30N2S2+2. The zero-order valence-electron chi connectivity index (χ0n) is 12.3.